The fourth-order valence-electron chi connectivity index (χ4n) is 2.86. The summed E-state index contributed by atoms with van der Waals surface area (Å²) in [6, 6.07) is 10.8. The van der Waals surface area contributed by atoms with Crippen molar-refractivity contribution in [2.45, 2.75) is 10.6 Å². The number of sulfone groups is 1. The fraction of sp³-hybridized carbons (Fsp3) is 0.353. The summed E-state index contributed by atoms with van der Waals surface area (Å²) in [4.78, 5) is 19.4. The number of piperazine rings is 1. The molecule has 9 heteroatoms. The van der Waals surface area contributed by atoms with E-state index in [2.05, 4.69) is 9.88 Å². The van der Waals surface area contributed by atoms with Crippen LogP contribution in [-0.2, 0) is 15.6 Å². The number of anilines is 1. The molecular formula is C17H20N4O4S. The first-order chi connectivity index (χ1) is 12.4. The minimum atomic E-state index is -3.72. The lowest BCUT2D eigenvalue weighted by molar-refractivity contribution is -0.385. The van der Waals surface area contributed by atoms with Gasteiger partial charge in [-0.25, -0.2) is 13.4 Å². The Morgan fingerprint density at radius 3 is 2.35 bits per heavy atom. The molecule has 1 fully saturated rings. The van der Waals surface area contributed by atoms with Crippen LogP contribution in [-0.4, -0.2) is 56.5 Å². The predicted octanol–water partition coefficient (Wildman–Crippen LogP) is 1.72. The Morgan fingerprint density at radius 1 is 1.08 bits per heavy atom. The number of likely N-dealkylation sites (N-methyl/N-ethyl adjacent to an activating group) is 1. The lowest BCUT2D eigenvalue weighted by Crippen LogP contribution is -2.44. The maximum Gasteiger partial charge on any atom is 0.291 e. The zero-order valence-corrected chi connectivity index (χ0v) is 15.2. The summed E-state index contributed by atoms with van der Waals surface area (Å²) in [6.45, 7) is 3.20. The molecule has 1 aromatic carbocycles. The third kappa shape index (κ3) is 4.00. The third-order valence-electron chi connectivity index (χ3n) is 4.39. The molecule has 0 atom stereocenters. The zero-order chi connectivity index (χ0) is 18.7. The van der Waals surface area contributed by atoms with Crippen LogP contribution < -0.4 is 4.90 Å². The summed E-state index contributed by atoms with van der Waals surface area (Å²) >= 11 is 0. The second kappa shape index (κ2) is 7.38. The normalized spacial score (nSPS) is 15.8. The van der Waals surface area contributed by atoms with Crippen molar-refractivity contribution in [3.05, 3.63) is 58.3 Å². The summed E-state index contributed by atoms with van der Waals surface area (Å²) < 4.78 is 25.2. The summed E-state index contributed by atoms with van der Waals surface area (Å²) in [5.74, 6) is 0.0662. The van der Waals surface area contributed by atoms with Crippen LogP contribution in [0.4, 0.5) is 11.5 Å². The van der Waals surface area contributed by atoms with Crippen LogP contribution in [0.15, 0.2) is 47.4 Å². The highest BCUT2D eigenvalue weighted by Gasteiger charge is 2.25. The van der Waals surface area contributed by atoms with Gasteiger partial charge in [0.2, 0.25) is 0 Å². The van der Waals surface area contributed by atoms with Gasteiger partial charge in [0, 0.05) is 32.2 Å². The first kappa shape index (κ1) is 18.3. The first-order valence-corrected chi connectivity index (χ1v) is 9.88. The number of pyridine rings is 1. The molecule has 26 heavy (non-hydrogen) atoms. The van der Waals surface area contributed by atoms with E-state index in [0.29, 0.717) is 5.82 Å². The summed E-state index contributed by atoms with van der Waals surface area (Å²) in [5.41, 5.74) is -0.308. The molecule has 0 bridgehead atoms. The molecule has 0 saturated carbocycles. The molecule has 1 aromatic heterocycles. The average molecular weight is 376 g/mol. The van der Waals surface area contributed by atoms with Crippen molar-refractivity contribution < 1.29 is 13.3 Å². The largest absolute Gasteiger partial charge is 0.354 e. The van der Waals surface area contributed by atoms with Gasteiger partial charge in [0.25, 0.3) is 5.69 Å². The standard InChI is InChI=1S/C17H20N4O4S/c1-19-9-11-20(12-10-19)17-8-7-16(21(22)23)15(18-17)13-26(24,25)14-5-3-2-4-6-14/h2-8H,9-13H2,1H3. The van der Waals surface area contributed by atoms with Crippen LogP contribution in [0.25, 0.3) is 0 Å². The molecule has 2 heterocycles. The van der Waals surface area contributed by atoms with Gasteiger partial charge < -0.3 is 9.80 Å². The number of rotatable bonds is 5. The Morgan fingerprint density at radius 2 is 1.73 bits per heavy atom. The van der Waals surface area contributed by atoms with E-state index in [-0.39, 0.29) is 16.3 Å². The number of nitrogens with zero attached hydrogens (tertiary/aromatic N) is 4. The van der Waals surface area contributed by atoms with Crippen molar-refractivity contribution >= 4 is 21.3 Å². The molecule has 1 saturated heterocycles. The predicted molar refractivity (Wildman–Crippen MR) is 97.9 cm³/mol. The van der Waals surface area contributed by atoms with Crippen LogP contribution in [0.3, 0.4) is 0 Å². The summed E-state index contributed by atoms with van der Waals surface area (Å²) in [5, 5.41) is 11.3. The van der Waals surface area contributed by atoms with E-state index in [4.69, 9.17) is 0 Å². The molecule has 1 aliphatic rings. The van der Waals surface area contributed by atoms with Gasteiger partial charge >= 0.3 is 0 Å². The van der Waals surface area contributed by atoms with E-state index in [1.165, 1.54) is 18.2 Å². The van der Waals surface area contributed by atoms with Crippen molar-refractivity contribution in [3.63, 3.8) is 0 Å². The monoisotopic (exact) mass is 376 g/mol. The molecule has 0 aliphatic carbocycles. The number of hydrogen-bond donors (Lipinski definition) is 0. The van der Waals surface area contributed by atoms with Gasteiger partial charge in [-0.3, -0.25) is 10.1 Å². The van der Waals surface area contributed by atoms with E-state index < -0.39 is 20.5 Å². The van der Waals surface area contributed by atoms with Crippen molar-refractivity contribution in [2.24, 2.45) is 0 Å². The molecule has 8 nitrogen and oxygen atoms in total. The van der Waals surface area contributed by atoms with E-state index in [9.17, 15) is 18.5 Å². The van der Waals surface area contributed by atoms with E-state index >= 15 is 0 Å². The highest BCUT2D eigenvalue weighted by atomic mass is 32.2. The van der Waals surface area contributed by atoms with Gasteiger partial charge in [-0.05, 0) is 25.2 Å². The second-order valence-corrected chi connectivity index (χ2v) is 8.24. The number of hydrogen-bond acceptors (Lipinski definition) is 7. The highest BCUT2D eigenvalue weighted by Crippen LogP contribution is 2.26. The highest BCUT2D eigenvalue weighted by molar-refractivity contribution is 7.90. The molecule has 3 rings (SSSR count). The van der Waals surface area contributed by atoms with Gasteiger partial charge in [0.1, 0.15) is 17.3 Å². The Kier molecular flexibility index (Phi) is 5.19. The van der Waals surface area contributed by atoms with Crippen molar-refractivity contribution in [3.8, 4) is 0 Å². The SMILES string of the molecule is CN1CCN(c2ccc([N+](=O)[O-])c(CS(=O)(=O)c3ccccc3)n2)CC1. The summed E-state index contributed by atoms with van der Waals surface area (Å²) in [7, 11) is -1.69. The second-order valence-electron chi connectivity index (χ2n) is 6.25. The van der Waals surface area contributed by atoms with E-state index in [1.807, 2.05) is 11.9 Å². The van der Waals surface area contributed by atoms with Gasteiger partial charge in [-0.1, -0.05) is 18.2 Å². The van der Waals surface area contributed by atoms with Crippen LogP contribution in [0.1, 0.15) is 5.69 Å². The van der Waals surface area contributed by atoms with Crippen molar-refractivity contribution in [1.29, 1.82) is 0 Å². The molecule has 0 spiro atoms. The Balaban J connectivity index is 1.94. The van der Waals surface area contributed by atoms with Gasteiger partial charge in [-0.2, -0.15) is 0 Å². The van der Waals surface area contributed by atoms with Crippen LogP contribution in [0, 0.1) is 10.1 Å². The Bertz CT molecular complexity index is 894. The van der Waals surface area contributed by atoms with Crippen molar-refractivity contribution in [1.82, 2.24) is 9.88 Å². The quantitative estimate of drug-likeness (QED) is 0.579. The first-order valence-electron chi connectivity index (χ1n) is 8.22. The minimum Gasteiger partial charge on any atom is -0.354 e. The Hall–Kier alpha value is -2.52. The van der Waals surface area contributed by atoms with Crippen LogP contribution in [0.5, 0.6) is 0 Å². The minimum absolute atomic E-state index is 0.0321. The molecule has 0 amide bonds. The molecular weight excluding hydrogens is 356 g/mol. The maximum atomic E-state index is 12.6. The van der Waals surface area contributed by atoms with Crippen LogP contribution >= 0.6 is 0 Å². The molecule has 138 valence electrons. The Labute approximate surface area is 152 Å². The number of nitro groups is 1. The van der Waals surface area contributed by atoms with Gasteiger partial charge in [0.15, 0.2) is 9.84 Å². The topological polar surface area (TPSA) is 96.6 Å². The fourth-order valence-corrected chi connectivity index (χ4v) is 4.17. The van der Waals surface area contributed by atoms with E-state index in [0.717, 1.165) is 26.2 Å². The lowest BCUT2D eigenvalue weighted by atomic mass is 10.2. The lowest BCUT2D eigenvalue weighted by Gasteiger charge is -2.33. The summed E-state index contributed by atoms with van der Waals surface area (Å²) in [6.07, 6.45) is 0. The maximum absolute atomic E-state index is 12.6. The number of aromatic nitrogens is 1. The average Bonchev–Trinajstić information content (AvgIpc) is 2.62. The molecule has 0 radical (unpaired) electrons. The zero-order valence-electron chi connectivity index (χ0n) is 14.4. The smallest absolute Gasteiger partial charge is 0.291 e. The van der Waals surface area contributed by atoms with Crippen LogP contribution in [0.2, 0.25) is 0 Å². The molecule has 0 unspecified atom stereocenters. The van der Waals surface area contributed by atoms with Crippen molar-refractivity contribution in [2.75, 3.05) is 38.1 Å². The van der Waals surface area contributed by atoms with Gasteiger partial charge in [0.05, 0.1) is 9.82 Å². The number of benzene rings is 1. The van der Waals surface area contributed by atoms with E-state index in [1.54, 1.807) is 24.3 Å². The molecule has 2 aromatic rings. The van der Waals surface area contributed by atoms with Gasteiger partial charge in [-0.15, -0.1) is 0 Å². The third-order valence-corrected chi connectivity index (χ3v) is 6.03. The molecule has 1 aliphatic heterocycles. The molecule has 0 N–H and O–H groups in total.